The Balaban J connectivity index is 1.82. The second-order valence-corrected chi connectivity index (χ2v) is 6.62. The maximum absolute atomic E-state index is 13.1. The first-order valence-corrected chi connectivity index (χ1v) is 9.51. The number of carbonyl (C=O) groups excluding carboxylic acids is 2. The molecule has 2 aromatic carbocycles. The van der Waals surface area contributed by atoms with Gasteiger partial charge in [0.15, 0.2) is 0 Å². The third-order valence-corrected chi connectivity index (χ3v) is 4.76. The van der Waals surface area contributed by atoms with Gasteiger partial charge in [0.2, 0.25) is 11.8 Å². The maximum Gasteiger partial charge on any atom is 0.247 e. The first kappa shape index (κ1) is 19.0. The van der Waals surface area contributed by atoms with Crippen molar-refractivity contribution >= 4 is 11.8 Å². The molecule has 1 heterocycles. The highest BCUT2D eigenvalue weighted by atomic mass is 16.5. The highest BCUT2D eigenvalue weighted by molar-refractivity contribution is 5.92. The summed E-state index contributed by atoms with van der Waals surface area (Å²) < 4.78 is 5.63. The zero-order valence-electron chi connectivity index (χ0n) is 15.9. The summed E-state index contributed by atoms with van der Waals surface area (Å²) in [5.41, 5.74) is 2.77. The molecule has 0 saturated carbocycles. The normalized spacial score (nSPS) is 16.0. The highest BCUT2D eigenvalue weighted by Gasteiger charge is 2.36. The van der Waals surface area contributed by atoms with E-state index in [1.54, 1.807) is 4.90 Å². The molecule has 0 aromatic heterocycles. The van der Waals surface area contributed by atoms with Gasteiger partial charge in [-0.1, -0.05) is 49.4 Å². The molecule has 0 aliphatic carbocycles. The highest BCUT2D eigenvalue weighted by Crippen LogP contribution is 2.31. The molecule has 2 aromatic rings. The van der Waals surface area contributed by atoms with Crippen molar-refractivity contribution in [1.29, 1.82) is 0 Å². The number of nitrogens with zero attached hydrogens (tertiary/aromatic N) is 1. The topological polar surface area (TPSA) is 58.6 Å². The van der Waals surface area contributed by atoms with E-state index < -0.39 is 6.04 Å². The molecule has 142 valence electrons. The van der Waals surface area contributed by atoms with Crippen LogP contribution in [0.5, 0.6) is 5.75 Å². The van der Waals surface area contributed by atoms with E-state index in [0.29, 0.717) is 26.1 Å². The van der Waals surface area contributed by atoms with Gasteiger partial charge in [-0.05, 0) is 30.5 Å². The smallest absolute Gasteiger partial charge is 0.247 e. The van der Waals surface area contributed by atoms with Gasteiger partial charge in [0, 0.05) is 18.7 Å². The molecule has 0 fully saturated rings. The first-order valence-electron chi connectivity index (χ1n) is 9.51. The predicted octanol–water partition coefficient (Wildman–Crippen LogP) is 3.24. The number of hydrogen-bond acceptors (Lipinski definition) is 3. The Morgan fingerprint density at radius 2 is 1.89 bits per heavy atom. The summed E-state index contributed by atoms with van der Waals surface area (Å²) in [6, 6.07) is 14.8. The summed E-state index contributed by atoms with van der Waals surface area (Å²) in [4.78, 5) is 27.4. The van der Waals surface area contributed by atoms with Gasteiger partial charge in [-0.25, -0.2) is 0 Å². The predicted molar refractivity (Wildman–Crippen MR) is 104 cm³/mol. The van der Waals surface area contributed by atoms with Crippen LogP contribution in [0.15, 0.2) is 48.5 Å². The van der Waals surface area contributed by atoms with E-state index in [1.165, 1.54) is 0 Å². The SMILES string of the molecule is CCCN1C(=O)Cc2ccccc2[C@@H]1C(=O)NCc1ccccc1OCC. The van der Waals surface area contributed by atoms with Crippen LogP contribution in [0.1, 0.15) is 43.0 Å². The van der Waals surface area contributed by atoms with Crippen molar-refractivity contribution in [2.75, 3.05) is 13.2 Å². The van der Waals surface area contributed by atoms with E-state index in [0.717, 1.165) is 28.9 Å². The summed E-state index contributed by atoms with van der Waals surface area (Å²) in [5, 5.41) is 3.00. The Bertz CT molecular complexity index is 819. The van der Waals surface area contributed by atoms with Crippen LogP contribution >= 0.6 is 0 Å². The number of carbonyl (C=O) groups is 2. The monoisotopic (exact) mass is 366 g/mol. The fraction of sp³-hybridized carbons (Fsp3) is 0.364. The van der Waals surface area contributed by atoms with Crippen LogP contribution in [0.2, 0.25) is 0 Å². The number of amides is 2. The number of fused-ring (bicyclic) bond motifs is 1. The van der Waals surface area contributed by atoms with E-state index in [1.807, 2.05) is 62.4 Å². The van der Waals surface area contributed by atoms with Crippen LogP contribution in [-0.4, -0.2) is 29.9 Å². The molecule has 0 radical (unpaired) electrons. The summed E-state index contributed by atoms with van der Waals surface area (Å²) >= 11 is 0. The summed E-state index contributed by atoms with van der Waals surface area (Å²) in [5.74, 6) is 0.617. The van der Waals surface area contributed by atoms with E-state index >= 15 is 0 Å². The van der Waals surface area contributed by atoms with Crippen LogP contribution in [0, 0.1) is 0 Å². The second kappa shape index (κ2) is 8.71. The molecule has 5 nitrogen and oxygen atoms in total. The number of para-hydroxylation sites is 1. The number of nitrogens with one attached hydrogen (secondary N) is 1. The van der Waals surface area contributed by atoms with Crippen molar-refractivity contribution in [3.05, 3.63) is 65.2 Å². The fourth-order valence-corrected chi connectivity index (χ4v) is 3.54. The lowest BCUT2D eigenvalue weighted by molar-refractivity contribution is -0.141. The van der Waals surface area contributed by atoms with Crippen LogP contribution in [0.3, 0.4) is 0 Å². The molecule has 0 spiro atoms. The second-order valence-electron chi connectivity index (χ2n) is 6.62. The molecular formula is C22H26N2O3. The molecule has 1 aliphatic heterocycles. The quantitative estimate of drug-likeness (QED) is 0.818. The van der Waals surface area contributed by atoms with Crippen molar-refractivity contribution in [3.8, 4) is 5.75 Å². The first-order chi connectivity index (χ1) is 13.2. The Labute approximate surface area is 160 Å². The zero-order chi connectivity index (χ0) is 19.2. The summed E-state index contributed by atoms with van der Waals surface area (Å²) in [7, 11) is 0. The Morgan fingerprint density at radius 3 is 2.67 bits per heavy atom. The van der Waals surface area contributed by atoms with Crippen LogP contribution in [-0.2, 0) is 22.6 Å². The average molecular weight is 366 g/mol. The van der Waals surface area contributed by atoms with Crippen molar-refractivity contribution in [1.82, 2.24) is 10.2 Å². The number of rotatable bonds is 7. The zero-order valence-corrected chi connectivity index (χ0v) is 15.9. The molecule has 0 bridgehead atoms. The van der Waals surface area contributed by atoms with Crippen molar-refractivity contribution in [2.45, 2.75) is 39.3 Å². The summed E-state index contributed by atoms with van der Waals surface area (Å²) in [6.45, 7) is 5.45. The lowest BCUT2D eigenvalue weighted by Gasteiger charge is -2.36. The Morgan fingerprint density at radius 1 is 1.15 bits per heavy atom. The van der Waals surface area contributed by atoms with E-state index in [4.69, 9.17) is 4.74 Å². The van der Waals surface area contributed by atoms with Crippen LogP contribution in [0.25, 0.3) is 0 Å². The van der Waals surface area contributed by atoms with Gasteiger partial charge in [0.1, 0.15) is 11.8 Å². The lowest BCUT2D eigenvalue weighted by atomic mass is 9.91. The molecule has 1 N–H and O–H groups in total. The van der Waals surface area contributed by atoms with Crippen LogP contribution in [0.4, 0.5) is 0 Å². The molecule has 27 heavy (non-hydrogen) atoms. The standard InChI is InChI=1S/C22H26N2O3/c1-3-13-24-20(25)14-16-9-5-7-11-18(16)21(24)22(26)23-15-17-10-6-8-12-19(17)27-4-2/h5-12,21H,3-4,13-15H2,1-2H3,(H,23,26)/t21-/m1/s1. The molecular weight excluding hydrogens is 340 g/mol. The minimum Gasteiger partial charge on any atom is -0.494 e. The van der Waals surface area contributed by atoms with Gasteiger partial charge in [0.25, 0.3) is 0 Å². The molecule has 5 heteroatoms. The third kappa shape index (κ3) is 4.13. The molecule has 1 aliphatic rings. The Hall–Kier alpha value is -2.82. The van der Waals surface area contributed by atoms with E-state index in [9.17, 15) is 9.59 Å². The third-order valence-electron chi connectivity index (χ3n) is 4.76. The lowest BCUT2D eigenvalue weighted by Crippen LogP contribution is -2.47. The van der Waals surface area contributed by atoms with Crippen LogP contribution < -0.4 is 10.1 Å². The van der Waals surface area contributed by atoms with Gasteiger partial charge < -0.3 is 15.0 Å². The maximum atomic E-state index is 13.1. The van der Waals surface area contributed by atoms with E-state index in [2.05, 4.69) is 5.32 Å². The molecule has 0 saturated heterocycles. The van der Waals surface area contributed by atoms with Gasteiger partial charge >= 0.3 is 0 Å². The summed E-state index contributed by atoms with van der Waals surface area (Å²) in [6.07, 6.45) is 1.16. The number of benzene rings is 2. The van der Waals surface area contributed by atoms with Gasteiger partial charge in [0.05, 0.1) is 13.0 Å². The van der Waals surface area contributed by atoms with Crippen molar-refractivity contribution in [3.63, 3.8) is 0 Å². The fourth-order valence-electron chi connectivity index (χ4n) is 3.54. The van der Waals surface area contributed by atoms with Gasteiger partial charge in [-0.3, -0.25) is 9.59 Å². The van der Waals surface area contributed by atoms with Crippen molar-refractivity contribution < 1.29 is 14.3 Å². The molecule has 1 atom stereocenters. The molecule has 2 amide bonds. The Kier molecular flexibility index (Phi) is 6.12. The van der Waals surface area contributed by atoms with Crippen molar-refractivity contribution in [2.24, 2.45) is 0 Å². The van der Waals surface area contributed by atoms with E-state index in [-0.39, 0.29) is 11.8 Å². The molecule has 3 rings (SSSR count). The van der Waals surface area contributed by atoms with Gasteiger partial charge in [-0.15, -0.1) is 0 Å². The molecule has 0 unspecified atom stereocenters. The number of ether oxygens (including phenoxy) is 1. The van der Waals surface area contributed by atoms with Gasteiger partial charge in [-0.2, -0.15) is 0 Å². The number of hydrogen-bond donors (Lipinski definition) is 1. The minimum absolute atomic E-state index is 0.00502. The average Bonchev–Trinajstić information content (AvgIpc) is 2.68. The minimum atomic E-state index is -0.582. The largest absolute Gasteiger partial charge is 0.494 e.